The van der Waals surface area contributed by atoms with Gasteiger partial charge in [0.2, 0.25) is 5.91 Å². The van der Waals surface area contributed by atoms with Gasteiger partial charge in [0.15, 0.2) is 5.13 Å². The van der Waals surface area contributed by atoms with Crippen LogP contribution in [0.2, 0.25) is 0 Å². The fraction of sp³-hybridized carbons (Fsp3) is 0.267. The predicted octanol–water partition coefficient (Wildman–Crippen LogP) is 2.84. The van der Waals surface area contributed by atoms with Crippen molar-refractivity contribution in [2.75, 3.05) is 24.2 Å². The largest absolute Gasteiger partial charge is 0.323 e. The second-order valence-electron chi connectivity index (χ2n) is 4.88. The molecular weight excluding hydrogens is 318 g/mol. The van der Waals surface area contributed by atoms with E-state index in [4.69, 9.17) is 0 Å². The van der Waals surface area contributed by atoms with Gasteiger partial charge in [-0.15, -0.1) is 11.3 Å². The Kier molecular flexibility index (Phi) is 4.74. The number of rotatable bonds is 5. The molecule has 0 aliphatic carbocycles. The summed E-state index contributed by atoms with van der Waals surface area (Å²) in [5.74, 6) is 0.557. The number of nitrogens with one attached hydrogen (secondary N) is 1. The molecule has 0 radical (unpaired) electrons. The molecule has 2 heterocycles. The van der Waals surface area contributed by atoms with Gasteiger partial charge in [-0.25, -0.2) is 4.98 Å². The first-order valence-electron chi connectivity index (χ1n) is 6.91. The van der Waals surface area contributed by atoms with Crippen LogP contribution in [0.5, 0.6) is 0 Å². The van der Waals surface area contributed by atoms with Gasteiger partial charge >= 0.3 is 0 Å². The Hall–Kier alpha value is -1.86. The first-order chi connectivity index (χ1) is 10.7. The van der Waals surface area contributed by atoms with Crippen LogP contribution in [0.1, 0.15) is 10.4 Å². The highest BCUT2D eigenvalue weighted by atomic mass is 32.2. The number of carbonyl (C=O) groups excluding carboxylic acids is 2. The van der Waals surface area contributed by atoms with E-state index in [0.717, 1.165) is 17.1 Å². The number of thioether (sulfide) groups is 1. The molecule has 0 atom stereocenters. The quantitative estimate of drug-likeness (QED) is 0.914. The number of hydrogen-bond donors (Lipinski definition) is 1. The average Bonchev–Trinajstić information content (AvgIpc) is 3.10. The lowest BCUT2D eigenvalue weighted by Gasteiger charge is -2.12. The van der Waals surface area contributed by atoms with Crippen LogP contribution >= 0.6 is 23.1 Å². The van der Waals surface area contributed by atoms with Crippen LogP contribution in [0.15, 0.2) is 36.5 Å². The molecule has 1 aliphatic rings. The zero-order valence-electron chi connectivity index (χ0n) is 11.8. The van der Waals surface area contributed by atoms with E-state index >= 15 is 0 Å². The van der Waals surface area contributed by atoms with Crippen molar-refractivity contribution in [3.05, 3.63) is 47.0 Å². The summed E-state index contributed by atoms with van der Waals surface area (Å²) in [4.78, 5) is 30.3. The molecule has 1 aliphatic heterocycles. The third-order valence-electron chi connectivity index (χ3n) is 3.20. The molecule has 0 bridgehead atoms. The normalized spacial score (nSPS) is 14.4. The van der Waals surface area contributed by atoms with Crippen molar-refractivity contribution in [1.29, 1.82) is 0 Å². The van der Waals surface area contributed by atoms with Crippen molar-refractivity contribution in [1.82, 2.24) is 9.88 Å². The number of aromatic nitrogens is 1. The molecule has 0 unspecified atom stereocenters. The van der Waals surface area contributed by atoms with Crippen LogP contribution in [-0.2, 0) is 11.2 Å². The Labute approximate surface area is 136 Å². The monoisotopic (exact) mass is 333 g/mol. The number of hydrogen-bond acceptors (Lipinski definition) is 5. The Morgan fingerprint density at radius 2 is 2.14 bits per heavy atom. The van der Waals surface area contributed by atoms with E-state index < -0.39 is 0 Å². The summed E-state index contributed by atoms with van der Waals surface area (Å²) in [5.41, 5.74) is 1.21. The molecule has 1 fully saturated rings. The maximum Gasteiger partial charge on any atom is 0.282 e. The standard InChI is InChI=1S/C15H15N3O2S2/c19-13(10-18-6-7-21-15(18)20)17-14-16-9-12(22-14)8-11-4-2-1-3-5-11/h1-5,9H,6-8,10H2,(H,16,17,19). The van der Waals surface area contributed by atoms with Crippen LogP contribution in [0.3, 0.4) is 0 Å². The summed E-state index contributed by atoms with van der Waals surface area (Å²) in [5, 5.41) is 3.31. The molecule has 5 nitrogen and oxygen atoms in total. The lowest BCUT2D eigenvalue weighted by atomic mass is 10.1. The fourth-order valence-corrected chi connectivity index (χ4v) is 3.83. The molecule has 1 N–H and O–H groups in total. The Morgan fingerprint density at radius 1 is 1.32 bits per heavy atom. The van der Waals surface area contributed by atoms with Crippen molar-refractivity contribution in [3.63, 3.8) is 0 Å². The zero-order valence-corrected chi connectivity index (χ0v) is 13.5. The van der Waals surface area contributed by atoms with Crippen molar-refractivity contribution < 1.29 is 9.59 Å². The fourth-order valence-electron chi connectivity index (χ4n) is 2.15. The minimum absolute atomic E-state index is 0.0287. The van der Waals surface area contributed by atoms with Gasteiger partial charge in [-0.1, -0.05) is 42.1 Å². The topological polar surface area (TPSA) is 62.3 Å². The average molecular weight is 333 g/mol. The summed E-state index contributed by atoms with van der Waals surface area (Å²) in [6.07, 6.45) is 2.58. The highest BCUT2D eigenvalue weighted by Gasteiger charge is 2.23. The Morgan fingerprint density at radius 3 is 2.86 bits per heavy atom. The predicted molar refractivity (Wildman–Crippen MR) is 89.4 cm³/mol. The van der Waals surface area contributed by atoms with Crippen LogP contribution in [-0.4, -0.2) is 39.9 Å². The lowest BCUT2D eigenvalue weighted by molar-refractivity contribution is -0.116. The van der Waals surface area contributed by atoms with Crippen LogP contribution in [0.4, 0.5) is 9.93 Å². The summed E-state index contributed by atoms with van der Waals surface area (Å²) < 4.78 is 0. The Bertz CT molecular complexity index is 672. The lowest BCUT2D eigenvalue weighted by Crippen LogP contribution is -2.33. The number of amides is 2. The summed E-state index contributed by atoms with van der Waals surface area (Å²) in [6.45, 7) is 0.730. The number of thiazole rings is 1. The molecule has 0 spiro atoms. The van der Waals surface area contributed by atoms with Gasteiger partial charge in [-0.3, -0.25) is 9.59 Å². The van der Waals surface area contributed by atoms with E-state index in [1.165, 1.54) is 28.7 Å². The highest BCUT2D eigenvalue weighted by molar-refractivity contribution is 8.13. The Balaban J connectivity index is 1.55. The van der Waals surface area contributed by atoms with Gasteiger partial charge in [0.05, 0.1) is 0 Å². The third kappa shape index (κ3) is 3.86. The summed E-state index contributed by atoms with van der Waals surface area (Å²) in [7, 11) is 0. The SMILES string of the molecule is O=C(CN1CCSC1=O)Nc1ncc(Cc2ccccc2)s1. The first kappa shape index (κ1) is 15.1. The van der Waals surface area contributed by atoms with Crippen LogP contribution in [0, 0.1) is 0 Å². The molecule has 2 amide bonds. The van der Waals surface area contributed by atoms with Gasteiger partial charge in [0, 0.05) is 29.8 Å². The molecule has 2 aromatic rings. The number of nitrogens with zero attached hydrogens (tertiary/aromatic N) is 2. The molecule has 1 aromatic carbocycles. The van der Waals surface area contributed by atoms with E-state index in [0.29, 0.717) is 11.7 Å². The van der Waals surface area contributed by atoms with Crippen molar-refractivity contribution in [3.8, 4) is 0 Å². The van der Waals surface area contributed by atoms with Crippen molar-refractivity contribution in [2.24, 2.45) is 0 Å². The van der Waals surface area contributed by atoms with Gasteiger partial charge in [0.1, 0.15) is 6.54 Å². The van der Waals surface area contributed by atoms with Gasteiger partial charge < -0.3 is 10.2 Å². The van der Waals surface area contributed by atoms with E-state index in [2.05, 4.69) is 22.4 Å². The smallest absolute Gasteiger partial charge is 0.282 e. The molecule has 22 heavy (non-hydrogen) atoms. The van der Waals surface area contributed by atoms with Gasteiger partial charge in [-0.2, -0.15) is 0 Å². The molecule has 1 aromatic heterocycles. The minimum Gasteiger partial charge on any atom is -0.323 e. The van der Waals surface area contributed by atoms with Crippen LogP contribution < -0.4 is 5.32 Å². The molecule has 3 rings (SSSR count). The van der Waals surface area contributed by atoms with Gasteiger partial charge in [-0.05, 0) is 5.56 Å². The molecule has 1 saturated heterocycles. The van der Waals surface area contributed by atoms with Crippen LogP contribution in [0.25, 0.3) is 0 Å². The number of anilines is 1. The maximum absolute atomic E-state index is 11.9. The number of carbonyl (C=O) groups is 2. The second kappa shape index (κ2) is 6.93. The third-order valence-corrected chi connectivity index (χ3v) is 5.01. The van der Waals surface area contributed by atoms with E-state index in [9.17, 15) is 9.59 Å². The first-order valence-corrected chi connectivity index (χ1v) is 8.71. The molecule has 7 heteroatoms. The summed E-state index contributed by atoms with van der Waals surface area (Å²) in [6, 6.07) is 10.1. The maximum atomic E-state index is 11.9. The molecule has 0 saturated carbocycles. The molecule has 114 valence electrons. The zero-order chi connectivity index (χ0) is 15.4. The summed E-state index contributed by atoms with van der Waals surface area (Å²) >= 11 is 2.72. The molecular formula is C15H15N3O2S2. The van der Waals surface area contributed by atoms with E-state index in [1.54, 1.807) is 11.1 Å². The van der Waals surface area contributed by atoms with Crippen molar-refractivity contribution >= 4 is 39.4 Å². The van der Waals surface area contributed by atoms with E-state index in [-0.39, 0.29) is 17.7 Å². The van der Waals surface area contributed by atoms with Gasteiger partial charge in [0.25, 0.3) is 5.24 Å². The van der Waals surface area contributed by atoms with Crippen molar-refractivity contribution in [2.45, 2.75) is 6.42 Å². The van der Waals surface area contributed by atoms with E-state index in [1.807, 2.05) is 18.2 Å². The second-order valence-corrected chi connectivity index (χ2v) is 7.04. The number of benzene rings is 1. The minimum atomic E-state index is -0.198. The highest BCUT2D eigenvalue weighted by Crippen LogP contribution is 2.21.